The Morgan fingerprint density at radius 2 is 1.68 bits per heavy atom. The van der Waals surface area contributed by atoms with Gasteiger partial charge in [0.05, 0.1) is 0 Å². The maximum atomic E-state index is 11.9. The topological polar surface area (TPSA) is 70.6 Å². The Morgan fingerprint density at radius 1 is 1.00 bits per heavy atom. The summed E-state index contributed by atoms with van der Waals surface area (Å²) in [7, 11) is 1.71. The molecule has 0 saturated carbocycles. The predicted molar refractivity (Wildman–Crippen MR) is 105 cm³/mol. The second-order valence-corrected chi connectivity index (χ2v) is 6.34. The molecule has 0 bridgehead atoms. The maximum Gasteiger partial charge on any atom is 0.251 e. The van der Waals surface area contributed by atoms with Gasteiger partial charge in [-0.05, 0) is 43.3 Å². The molecule has 0 aromatic heterocycles. The fourth-order valence-corrected chi connectivity index (χ4v) is 2.79. The lowest BCUT2D eigenvalue weighted by molar-refractivity contribution is 0.0955. The molecule has 0 spiro atoms. The van der Waals surface area contributed by atoms with Gasteiger partial charge in [-0.1, -0.05) is 30.0 Å². The second-order valence-electron chi connectivity index (χ2n) is 5.26. The standard InChI is InChI=1S/C19H21N3O2S/c1-14(23)15-8-10-17(11-9-15)22-19(20-2)25-13-12-21-18(24)16-6-4-3-5-7-16/h3-11H,12-13H2,1-2H3,(H,20,22)(H,21,24). The summed E-state index contributed by atoms with van der Waals surface area (Å²) in [5, 5.41) is 6.84. The third-order valence-corrected chi connectivity index (χ3v) is 4.37. The van der Waals surface area contributed by atoms with Gasteiger partial charge in [-0.2, -0.15) is 0 Å². The van der Waals surface area contributed by atoms with Gasteiger partial charge in [0.1, 0.15) is 0 Å². The summed E-state index contributed by atoms with van der Waals surface area (Å²) in [5.41, 5.74) is 2.20. The molecule has 2 aromatic rings. The summed E-state index contributed by atoms with van der Waals surface area (Å²) in [6, 6.07) is 16.4. The lowest BCUT2D eigenvalue weighted by atomic mass is 10.1. The molecule has 0 unspecified atom stereocenters. The predicted octanol–water partition coefficient (Wildman–Crippen LogP) is 3.45. The quantitative estimate of drug-likeness (QED) is 0.360. The summed E-state index contributed by atoms with van der Waals surface area (Å²) < 4.78 is 0. The lowest BCUT2D eigenvalue weighted by Crippen LogP contribution is -2.26. The summed E-state index contributed by atoms with van der Waals surface area (Å²) in [6.07, 6.45) is 0. The van der Waals surface area contributed by atoms with E-state index in [1.54, 1.807) is 38.2 Å². The third kappa shape index (κ3) is 6.08. The van der Waals surface area contributed by atoms with Crippen LogP contribution in [0.15, 0.2) is 59.6 Å². The number of hydrogen-bond donors (Lipinski definition) is 2. The molecule has 0 saturated heterocycles. The molecule has 2 rings (SSSR count). The monoisotopic (exact) mass is 355 g/mol. The van der Waals surface area contributed by atoms with E-state index in [1.807, 2.05) is 30.3 Å². The number of ketones is 1. The Hall–Kier alpha value is -2.60. The minimum atomic E-state index is -0.0797. The van der Waals surface area contributed by atoms with E-state index in [0.717, 1.165) is 10.9 Å². The first-order valence-corrected chi connectivity index (χ1v) is 8.89. The maximum absolute atomic E-state index is 11.9. The van der Waals surface area contributed by atoms with E-state index in [0.29, 0.717) is 23.4 Å². The Labute approximate surface area is 151 Å². The van der Waals surface area contributed by atoms with Crippen LogP contribution in [-0.4, -0.2) is 36.2 Å². The Kier molecular flexibility index (Phi) is 7.22. The minimum absolute atomic E-state index is 0.0412. The largest absolute Gasteiger partial charge is 0.351 e. The van der Waals surface area contributed by atoms with Gasteiger partial charge >= 0.3 is 0 Å². The molecule has 25 heavy (non-hydrogen) atoms. The number of nitrogens with zero attached hydrogens (tertiary/aromatic N) is 1. The van der Waals surface area contributed by atoms with Crippen molar-refractivity contribution in [3.05, 3.63) is 65.7 Å². The second kappa shape index (κ2) is 9.64. The van der Waals surface area contributed by atoms with Crippen molar-refractivity contribution in [3.63, 3.8) is 0 Å². The van der Waals surface area contributed by atoms with Gasteiger partial charge in [0, 0.05) is 36.2 Å². The molecule has 0 heterocycles. The van der Waals surface area contributed by atoms with Gasteiger partial charge in [0.15, 0.2) is 11.0 Å². The Morgan fingerprint density at radius 3 is 2.28 bits per heavy atom. The van der Waals surface area contributed by atoms with Crippen LogP contribution in [0.3, 0.4) is 0 Å². The number of hydrogen-bond acceptors (Lipinski definition) is 4. The first-order valence-electron chi connectivity index (χ1n) is 7.91. The van der Waals surface area contributed by atoms with Crippen LogP contribution in [0.5, 0.6) is 0 Å². The number of Topliss-reactive ketones (excluding diaryl/α,β-unsaturated/α-hetero) is 1. The van der Waals surface area contributed by atoms with Crippen LogP contribution in [-0.2, 0) is 0 Å². The Bertz CT molecular complexity index is 743. The van der Waals surface area contributed by atoms with Gasteiger partial charge in [0.2, 0.25) is 0 Å². The Balaban J connectivity index is 1.77. The third-order valence-electron chi connectivity index (χ3n) is 3.41. The van der Waals surface area contributed by atoms with Crippen LogP contribution in [0.2, 0.25) is 0 Å². The van der Waals surface area contributed by atoms with E-state index in [9.17, 15) is 9.59 Å². The summed E-state index contributed by atoms with van der Waals surface area (Å²) in [6.45, 7) is 2.09. The summed E-state index contributed by atoms with van der Waals surface area (Å²) in [5.74, 6) is 0.660. The number of amidine groups is 1. The van der Waals surface area contributed by atoms with Crippen molar-refractivity contribution < 1.29 is 9.59 Å². The highest BCUT2D eigenvalue weighted by Gasteiger charge is 2.05. The molecule has 130 valence electrons. The number of carbonyl (C=O) groups excluding carboxylic acids is 2. The first-order chi connectivity index (χ1) is 12.1. The van der Waals surface area contributed by atoms with E-state index in [-0.39, 0.29) is 11.7 Å². The van der Waals surface area contributed by atoms with Crippen LogP contribution in [0.4, 0.5) is 5.69 Å². The molecule has 0 aliphatic heterocycles. The van der Waals surface area contributed by atoms with Crippen molar-refractivity contribution in [1.29, 1.82) is 0 Å². The van der Waals surface area contributed by atoms with Crippen molar-refractivity contribution in [2.75, 3.05) is 24.7 Å². The van der Waals surface area contributed by atoms with Gasteiger partial charge in [-0.3, -0.25) is 14.6 Å². The molecular weight excluding hydrogens is 334 g/mol. The highest BCUT2D eigenvalue weighted by molar-refractivity contribution is 8.14. The van der Waals surface area contributed by atoms with Crippen molar-refractivity contribution in [1.82, 2.24) is 5.32 Å². The van der Waals surface area contributed by atoms with Crippen LogP contribution in [0.25, 0.3) is 0 Å². The molecule has 2 N–H and O–H groups in total. The zero-order chi connectivity index (χ0) is 18.1. The molecule has 0 aliphatic carbocycles. The highest BCUT2D eigenvalue weighted by Crippen LogP contribution is 2.13. The number of nitrogens with one attached hydrogen (secondary N) is 2. The molecule has 1 amide bonds. The molecular formula is C19H21N3O2S. The molecule has 5 nitrogen and oxygen atoms in total. The zero-order valence-electron chi connectivity index (χ0n) is 14.3. The number of amides is 1. The number of rotatable bonds is 6. The van der Waals surface area contributed by atoms with E-state index < -0.39 is 0 Å². The van der Waals surface area contributed by atoms with E-state index in [4.69, 9.17) is 0 Å². The smallest absolute Gasteiger partial charge is 0.251 e. The number of anilines is 1. The molecule has 2 aromatic carbocycles. The normalized spacial score (nSPS) is 11.0. The van der Waals surface area contributed by atoms with E-state index in [1.165, 1.54) is 11.8 Å². The highest BCUT2D eigenvalue weighted by atomic mass is 32.2. The molecule has 0 aliphatic rings. The molecule has 0 atom stereocenters. The average molecular weight is 355 g/mol. The molecule has 0 radical (unpaired) electrons. The SMILES string of the molecule is CN=C(Nc1ccc(C(C)=O)cc1)SCCNC(=O)c1ccccc1. The van der Waals surface area contributed by atoms with Crippen LogP contribution in [0.1, 0.15) is 27.6 Å². The van der Waals surface area contributed by atoms with Gasteiger partial charge in [0.25, 0.3) is 5.91 Å². The van der Waals surface area contributed by atoms with Gasteiger partial charge < -0.3 is 10.6 Å². The molecule has 0 fully saturated rings. The van der Waals surface area contributed by atoms with Crippen molar-refractivity contribution in [2.45, 2.75) is 6.92 Å². The van der Waals surface area contributed by atoms with Crippen molar-refractivity contribution in [2.24, 2.45) is 4.99 Å². The lowest BCUT2D eigenvalue weighted by Gasteiger charge is -2.10. The van der Waals surface area contributed by atoms with Gasteiger partial charge in [-0.25, -0.2) is 0 Å². The number of thioether (sulfide) groups is 1. The van der Waals surface area contributed by atoms with E-state index >= 15 is 0 Å². The number of benzene rings is 2. The number of aliphatic imine (C=N–C) groups is 1. The van der Waals surface area contributed by atoms with E-state index in [2.05, 4.69) is 15.6 Å². The molecule has 6 heteroatoms. The van der Waals surface area contributed by atoms with Crippen LogP contribution >= 0.6 is 11.8 Å². The van der Waals surface area contributed by atoms with Crippen molar-refractivity contribution in [3.8, 4) is 0 Å². The minimum Gasteiger partial charge on any atom is -0.351 e. The zero-order valence-corrected chi connectivity index (χ0v) is 15.1. The average Bonchev–Trinajstić information content (AvgIpc) is 2.65. The van der Waals surface area contributed by atoms with Gasteiger partial charge in [-0.15, -0.1) is 0 Å². The van der Waals surface area contributed by atoms with Crippen molar-refractivity contribution >= 4 is 34.3 Å². The van der Waals surface area contributed by atoms with Crippen LogP contribution < -0.4 is 10.6 Å². The fraction of sp³-hybridized carbons (Fsp3) is 0.211. The fourth-order valence-electron chi connectivity index (χ4n) is 2.07. The summed E-state index contributed by atoms with van der Waals surface area (Å²) in [4.78, 5) is 27.4. The first kappa shape index (κ1) is 18.7. The summed E-state index contributed by atoms with van der Waals surface area (Å²) >= 11 is 1.52. The number of carbonyl (C=O) groups is 2. The van der Waals surface area contributed by atoms with Crippen LogP contribution in [0, 0.1) is 0 Å².